The summed E-state index contributed by atoms with van der Waals surface area (Å²) < 4.78 is 11.3. The Labute approximate surface area is 115 Å². The molecule has 0 amide bonds. The number of anilines is 1. The van der Waals surface area contributed by atoms with E-state index in [1.165, 1.54) is 11.3 Å². The summed E-state index contributed by atoms with van der Waals surface area (Å²) in [7, 11) is 4.10. The molecule has 0 unspecified atom stereocenters. The fourth-order valence-electron chi connectivity index (χ4n) is 2.35. The van der Waals surface area contributed by atoms with Crippen LogP contribution >= 0.6 is 0 Å². The highest BCUT2D eigenvalue weighted by Crippen LogP contribution is 2.36. The minimum Gasteiger partial charge on any atom is -0.486 e. The summed E-state index contributed by atoms with van der Waals surface area (Å²) in [5.41, 5.74) is 2.46. The van der Waals surface area contributed by atoms with Gasteiger partial charge in [0.05, 0.1) is 0 Å². The summed E-state index contributed by atoms with van der Waals surface area (Å²) in [4.78, 5) is 2.25. The first-order valence-corrected chi connectivity index (χ1v) is 6.73. The predicted octanol–water partition coefficient (Wildman–Crippen LogP) is 2.20. The van der Waals surface area contributed by atoms with Crippen molar-refractivity contribution in [1.82, 2.24) is 5.32 Å². The number of hydrogen-bond donors (Lipinski definition) is 1. The van der Waals surface area contributed by atoms with Crippen LogP contribution in [0.25, 0.3) is 0 Å². The Balaban J connectivity index is 2.24. The molecule has 0 fully saturated rings. The normalized spacial score (nSPS) is 14.4. The van der Waals surface area contributed by atoms with Crippen molar-refractivity contribution in [2.75, 3.05) is 38.8 Å². The summed E-state index contributed by atoms with van der Waals surface area (Å²) in [6.45, 7) is 8.67. The van der Waals surface area contributed by atoms with Crippen molar-refractivity contribution in [1.29, 1.82) is 0 Å². The van der Waals surface area contributed by atoms with Gasteiger partial charge in [0, 0.05) is 30.9 Å². The van der Waals surface area contributed by atoms with Crippen molar-refractivity contribution < 1.29 is 9.47 Å². The molecule has 1 aromatic rings. The fraction of sp³-hybridized carbons (Fsp3) is 0.600. The number of rotatable bonds is 4. The van der Waals surface area contributed by atoms with Gasteiger partial charge >= 0.3 is 0 Å². The minimum atomic E-state index is 0.0639. The molecule has 19 heavy (non-hydrogen) atoms. The van der Waals surface area contributed by atoms with E-state index in [1.807, 2.05) is 7.05 Å². The summed E-state index contributed by atoms with van der Waals surface area (Å²) in [5, 5.41) is 3.33. The summed E-state index contributed by atoms with van der Waals surface area (Å²) in [6, 6.07) is 4.14. The highest BCUT2D eigenvalue weighted by Gasteiger charge is 2.21. The molecule has 1 aliphatic rings. The lowest BCUT2D eigenvalue weighted by Crippen LogP contribution is -2.46. The Kier molecular flexibility index (Phi) is 3.90. The van der Waals surface area contributed by atoms with E-state index in [4.69, 9.17) is 9.47 Å². The molecule has 4 heteroatoms. The van der Waals surface area contributed by atoms with E-state index in [2.05, 4.69) is 50.2 Å². The molecule has 0 aliphatic carbocycles. The van der Waals surface area contributed by atoms with Crippen LogP contribution < -0.4 is 19.7 Å². The van der Waals surface area contributed by atoms with Crippen molar-refractivity contribution in [2.45, 2.75) is 26.3 Å². The maximum absolute atomic E-state index is 5.66. The number of aryl methyl sites for hydroxylation is 1. The third-order valence-corrected chi connectivity index (χ3v) is 3.58. The van der Waals surface area contributed by atoms with Gasteiger partial charge in [0.1, 0.15) is 13.2 Å². The molecule has 0 bridgehead atoms. The van der Waals surface area contributed by atoms with E-state index in [0.29, 0.717) is 13.2 Å². The monoisotopic (exact) mass is 264 g/mol. The van der Waals surface area contributed by atoms with Gasteiger partial charge in [0.25, 0.3) is 0 Å². The first-order valence-electron chi connectivity index (χ1n) is 6.73. The lowest BCUT2D eigenvalue weighted by Gasteiger charge is -2.33. The van der Waals surface area contributed by atoms with Gasteiger partial charge in [-0.25, -0.2) is 0 Å². The number of hydrogen-bond acceptors (Lipinski definition) is 4. The molecule has 1 aliphatic heterocycles. The van der Waals surface area contributed by atoms with Crippen molar-refractivity contribution in [2.24, 2.45) is 0 Å². The van der Waals surface area contributed by atoms with Gasteiger partial charge in [-0.15, -0.1) is 0 Å². The lowest BCUT2D eigenvalue weighted by molar-refractivity contribution is 0.171. The Bertz CT molecular complexity index is 458. The van der Waals surface area contributed by atoms with Crippen molar-refractivity contribution >= 4 is 5.69 Å². The summed E-state index contributed by atoms with van der Waals surface area (Å²) in [6.07, 6.45) is 0. The van der Waals surface area contributed by atoms with E-state index in [0.717, 1.165) is 18.0 Å². The minimum absolute atomic E-state index is 0.0639. The molecule has 0 radical (unpaired) electrons. The van der Waals surface area contributed by atoms with Crippen LogP contribution in [-0.4, -0.2) is 39.4 Å². The maximum Gasteiger partial charge on any atom is 0.163 e. The van der Waals surface area contributed by atoms with Gasteiger partial charge in [-0.05, 0) is 39.4 Å². The van der Waals surface area contributed by atoms with Gasteiger partial charge in [-0.1, -0.05) is 0 Å². The quantitative estimate of drug-likeness (QED) is 0.904. The topological polar surface area (TPSA) is 33.7 Å². The van der Waals surface area contributed by atoms with E-state index in [1.54, 1.807) is 0 Å². The Morgan fingerprint density at radius 1 is 1.21 bits per heavy atom. The van der Waals surface area contributed by atoms with Crippen molar-refractivity contribution in [3.63, 3.8) is 0 Å². The second-order valence-electron chi connectivity index (χ2n) is 5.77. The second-order valence-corrected chi connectivity index (χ2v) is 5.77. The average molecular weight is 264 g/mol. The zero-order valence-electron chi connectivity index (χ0n) is 12.5. The standard InChI is InChI=1S/C15H24N2O2/c1-11-8-13-14(19-7-6-18-13)9-12(11)17(5)10-15(2,3)16-4/h8-9,16H,6-7,10H2,1-5H3. The summed E-state index contributed by atoms with van der Waals surface area (Å²) >= 11 is 0. The molecule has 1 heterocycles. The Morgan fingerprint density at radius 2 is 1.79 bits per heavy atom. The van der Waals surface area contributed by atoms with Crippen molar-refractivity contribution in [3.05, 3.63) is 17.7 Å². The molecule has 4 nitrogen and oxygen atoms in total. The molecule has 0 aromatic heterocycles. The molecule has 0 spiro atoms. The number of nitrogens with zero attached hydrogens (tertiary/aromatic N) is 1. The van der Waals surface area contributed by atoms with Crippen LogP contribution in [0.3, 0.4) is 0 Å². The average Bonchev–Trinajstić information content (AvgIpc) is 2.37. The van der Waals surface area contributed by atoms with E-state index in [-0.39, 0.29) is 5.54 Å². The largest absolute Gasteiger partial charge is 0.486 e. The smallest absolute Gasteiger partial charge is 0.163 e. The predicted molar refractivity (Wildman–Crippen MR) is 78.6 cm³/mol. The number of benzene rings is 1. The summed E-state index contributed by atoms with van der Waals surface area (Å²) in [5.74, 6) is 1.70. The number of ether oxygens (including phenoxy) is 2. The van der Waals surface area contributed by atoms with Gasteiger partial charge in [0.2, 0.25) is 0 Å². The Hall–Kier alpha value is -1.42. The first kappa shape index (κ1) is 14.0. The van der Waals surface area contributed by atoms with Crippen LogP contribution in [-0.2, 0) is 0 Å². The van der Waals surface area contributed by atoms with E-state index < -0.39 is 0 Å². The molecule has 2 rings (SSSR count). The molecule has 1 aromatic carbocycles. The van der Waals surface area contributed by atoms with Crippen LogP contribution in [0.4, 0.5) is 5.69 Å². The van der Waals surface area contributed by atoms with E-state index in [9.17, 15) is 0 Å². The molecular formula is C15H24N2O2. The third kappa shape index (κ3) is 3.13. The van der Waals surface area contributed by atoms with Crippen LogP contribution in [0.2, 0.25) is 0 Å². The number of likely N-dealkylation sites (N-methyl/N-ethyl adjacent to an activating group) is 2. The van der Waals surface area contributed by atoms with Gasteiger partial charge in [-0.3, -0.25) is 0 Å². The molecule has 106 valence electrons. The lowest BCUT2D eigenvalue weighted by atomic mass is 10.0. The van der Waals surface area contributed by atoms with Crippen LogP contribution in [0.5, 0.6) is 11.5 Å². The van der Waals surface area contributed by atoms with Gasteiger partial charge in [0.15, 0.2) is 11.5 Å². The van der Waals surface area contributed by atoms with E-state index >= 15 is 0 Å². The zero-order chi connectivity index (χ0) is 14.0. The molecular weight excluding hydrogens is 240 g/mol. The second kappa shape index (κ2) is 5.29. The zero-order valence-corrected chi connectivity index (χ0v) is 12.5. The Morgan fingerprint density at radius 3 is 2.37 bits per heavy atom. The highest BCUT2D eigenvalue weighted by atomic mass is 16.6. The first-order chi connectivity index (χ1) is 8.93. The third-order valence-electron chi connectivity index (χ3n) is 3.58. The number of fused-ring (bicyclic) bond motifs is 1. The van der Waals surface area contributed by atoms with Gasteiger partial charge < -0.3 is 19.7 Å². The number of nitrogens with one attached hydrogen (secondary N) is 1. The molecule has 0 saturated carbocycles. The highest BCUT2D eigenvalue weighted by molar-refractivity contribution is 5.61. The maximum atomic E-state index is 5.66. The van der Waals surface area contributed by atoms with Crippen LogP contribution in [0.1, 0.15) is 19.4 Å². The van der Waals surface area contributed by atoms with Gasteiger partial charge in [-0.2, -0.15) is 0 Å². The van der Waals surface area contributed by atoms with Crippen LogP contribution in [0, 0.1) is 6.92 Å². The SMILES string of the molecule is CNC(C)(C)CN(C)c1cc2c(cc1C)OCCO2. The molecule has 0 atom stereocenters. The molecule has 1 N–H and O–H groups in total. The molecule has 0 saturated heterocycles. The fourth-order valence-corrected chi connectivity index (χ4v) is 2.35. The van der Waals surface area contributed by atoms with Crippen molar-refractivity contribution in [3.8, 4) is 11.5 Å². The van der Waals surface area contributed by atoms with Crippen LogP contribution in [0.15, 0.2) is 12.1 Å².